The van der Waals surface area contributed by atoms with Gasteiger partial charge in [0.25, 0.3) is 0 Å². The van der Waals surface area contributed by atoms with Crippen LogP contribution in [0.2, 0.25) is 0 Å². The second-order valence-corrected chi connectivity index (χ2v) is 11.3. The van der Waals surface area contributed by atoms with Gasteiger partial charge in [0.05, 0.1) is 6.61 Å². The lowest BCUT2D eigenvalue weighted by molar-refractivity contribution is -0.143. The molecule has 0 rings (SSSR count). The van der Waals surface area contributed by atoms with Gasteiger partial charge in [-0.1, -0.05) is 115 Å². The number of hydrogen-bond donors (Lipinski definition) is 0. The van der Waals surface area contributed by atoms with Gasteiger partial charge < -0.3 is 9.64 Å². The van der Waals surface area contributed by atoms with Crippen LogP contribution in [0.4, 0.5) is 0 Å². The number of hydrogen-bond acceptors (Lipinski definition) is 3. The highest BCUT2D eigenvalue weighted by Gasteiger charge is 2.09. The normalized spacial score (nSPS) is 12.6. The molecule has 3 nitrogen and oxygen atoms in total. The molecular weight excluding hydrogens is 442 g/mol. The number of rotatable bonds is 28. The van der Waals surface area contributed by atoms with Crippen LogP contribution in [-0.4, -0.2) is 38.1 Å². The van der Waals surface area contributed by atoms with Gasteiger partial charge in [-0.15, -0.1) is 0 Å². The van der Waals surface area contributed by atoms with Crippen LogP contribution in [0.3, 0.4) is 0 Å². The summed E-state index contributed by atoms with van der Waals surface area (Å²) in [4.78, 5) is 13.7. The number of esters is 1. The number of ether oxygens (including phenoxy) is 1. The van der Waals surface area contributed by atoms with Gasteiger partial charge in [0.1, 0.15) is 0 Å². The Morgan fingerprint density at radius 2 is 1.08 bits per heavy atom. The zero-order valence-corrected chi connectivity index (χ0v) is 25.2. The van der Waals surface area contributed by atoms with E-state index in [9.17, 15) is 4.79 Å². The molecule has 3 heteroatoms. The first-order chi connectivity index (χ1) is 17.6. The fourth-order valence-corrected chi connectivity index (χ4v) is 5.17. The van der Waals surface area contributed by atoms with Crippen molar-refractivity contribution in [3.8, 4) is 0 Å². The van der Waals surface area contributed by atoms with Crippen LogP contribution >= 0.6 is 0 Å². The van der Waals surface area contributed by atoms with Crippen LogP contribution in [0.5, 0.6) is 0 Å². The quantitative estimate of drug-likeness (QED) is 0.0599. The van der Waals surface area contributed by atoms with Crippen molar-refractivity contribution in [2.75, 3.05) is 27.2 Å². The standard InChI is InChI=1S/C33H65NO2/c1-5-7-8-9-19-22-25-28-32(31-34(3)4)29-26-23-20-17-15-13-11-10-12-14-16-18-21-24-27-30-33(35)36-6-2/h10,12,32H,5-9,11,13-31H2,1-4H3/b12-10-. The van der Waals surface area contributed by atoms with Crippen molar-refractivity contribution in [1.82, 2.24) is 4.90 Å². The van der Waals surface area contributed by atoms with Crippen molar-refractivity contribution in [1.29, 1.82) is 0 Å². The monoisotopic (exact) mass is 508 g/mol. The van der Waals surface area contributed by atoms with Crippen molar-refractivity contribution in [3.05, 3.63) is 12.2 Å². The van der Waals surface area contributed by atoms with Crippen molar-refractivity contribution in [2.45, 2.75) is 162 Å². The van der Waals surface area contributed by atoms with Gasteiger partial charge in [0.2, 0.25) is 0 Å². The fraction of sp³-hybridized carbons (Fsp3) is 0.909. The largest absolute Gasteiger partial charge is 0.466 e. The lowest BCUT2D eigenvalue weighted by Crippen LogP contribution is -2.21. The summed E-state index contributed by atoms with van der Waals surface area (Å²) in [6.45, 7) is 5.95. The van der Waals surface area contributed by atoms with E-state index in [1.165, 1.54) is 135 Å². The predicted octanol–water partition coefficient (Wildman–Crippen LogP) is 10.3. The molecule has 1 atom stereocenters. The molecule has 0 aromatic rings. The van der Waals surface area contributed by atoms with Crippen LogP contribution in [0.1, 0.15) is 162 Å². The van der Waals surface area contributed by atoms with E-state index in [1.54, 1.807) is 0 Å². The number of allylic oxidation sites excluding steroid dienone is 2. The van der Waals surface area contributed by atoms with E-state index in [0.717, 1.165) is 18.8 Å². The third-order valence-corrected chi connectivity index (χ3v) is 7.30. The zero-order valence-electron chi connectivity index (χ0n) is 25.2. The average molecular weight is 508 g/mol. The van der Waals surface area contributed by atoms with Gasteiger partial charge in [-0.25, -0.2) is 0 Å². The zero-order chi connectivity index (χ0) is 26.5. The summed E-state index contributed by atoms with van der Waals surface area (Å²) < 4.78 is 4.96. The molecule has 1 unspecified atom stereocenters. The van der Waals surface area contributed by atoms with Gasteiger partial charge in [0, 0.05) is 13.0 Å². The van der Waals surface area contributed by atoms with E-state index in [4.69, 9.17) is 4.74 Å². The third kappa shape index (κ3) is 27.8. The molecule has 0 aliphatic heterocycles. The Labute approximate surface area is 227 Å². The van der Waals surface area contributed by atoms with Crippen LogP contribution in [0, 0.1) is 5.92 Å². The minimum atomic E-state index is -0.0387. The fourth-order valence-electron chi connectivity index (χ4n) is 5.17. The Morgan fingerprint density at radius 3 is 1.56 bits per heavy atom. The molecule has 0 radical (unpaired) electrons. The summed E-state index contributed by atoms with van der Waals surface area (Å²) in [5.74, 6) is 0.869. The first-order valence-electron chi connectivity index (χ1n) is 16.0. The second kappa shape index (κ2) is 28.7. The van der Waals surface area contributed by atoms with E-state index < -0.39 is 0 Å². The molecule has 0 saturated carbocycles. The van der Waals surface area contributed by atoms with Gasteiger partial charge in [0.15, 0.2) is 0 Å². The molecule has 0 spiro atoms. The molecule has 0 N–H and O–H groups in total. The molecule has 0 fully saturated rings. The number of nitrogens with zero attached hydrogens (tertiary/aromatic N) is 1. The van der Waals surface area contributed by atoms with E-state index in [2.05, 4.69) is 38.1 Å². The minimum absolute atomic E-state index is 0.0387. The Balaban J connectivity index is 3.50. The van der Waals surface area contributed by atoms with Crippen LogP contribution in [-0.2, 0) is 9.53 Å². The molecule has 0 aliphatic carbocycles. The Kier molecular flexibility index (Phi) is 28.1. The third-order valence-electron chi connectivity index (χ3n) is 7.30. The second-order valence-electron chi connectivity index (χ2n) is 11.3. The lowest BCUT2D eigenvalue weighted by atomic mass is 9.93. The van der Waals surface area contributed by atoms with E-state index in [-0.39, 0.29) is 5.97 Å². The smallest absolute Gasteiger partial charge is 0.305 e. The lowest BCUT2D eigenvalue weighted by Gasteiger charge is -2.21. The summed E-state index contributed by atoms with van der Waals surface area (Å²) in [6, 6.07) is 0. The highest BCUT2D eigenvalue weighted by Crippen LogP contribution is 2.20. The van der Waals surface area contributed by atoms with Gasteiger partial charge in [-0.3, -0.25) is 4.79 Å². The summed E-state index contributed by atoms with van der Waals surface area (Å²) >= 11 is 0. The maximum atomic E-state index is 11.3. The Hall–Kier alpha value is -0.830. The first-order valence-corrected chi connectivity index (χ1v) is 16.0. The predicted molar refractivity (Wildman–Crippen MR) is 160 cm³/mol. The summed E-state index contributed by atoms with van der Waals surface area (Å²) in [5, 5.41) is 0. The Bertz CT molecular complexity index is 474. The van der Waals surface area contributed by atoms with E-state index in [1.807, 2.05) is 6.92 Å². The molecule has 0 saturated heterocycles. The van der Waals surface area contributed by atoms with Crippen molar-refractivity contribution in [3.63, 3.8) is 0 Å². The SMILES string of the molecule is CCCCCCCCCC(CCCCCCCC/C=C\CCCCCCCC(=O)OCC)CN(C)C. The summed E-state index contributed by atoms with van der Waals surface area (Å²) in [6.07, 6.45) is 35.1. The average Bonchev–Trinajstić information content (AvgIpc) is 2.85. The summed E-state index contributed by atoms with van der Waals surface area (Å²) in [7, 11) is 4.48. The highest BCUT2D eigenvalue weighted by atomic mass is 16.5. The van der Waals surface area contributed by atoms with E-state index in [0.29, 0.717) is 13.0 Å². The molecule has 0 aromatic carbocycles. The number of carbonyl (C=O) groups excluding carboxylic acids is 1. The molecule has 214 valence electrons. The van der Waals surface area contributed by atoms with Crippen molar-refractivity contribution in [2.24, 2.45) is 5.92 Å². The molecular formula is C33H65NO2. The maximum Gasteiger partial charge on any atom is 0.305 e. The molecule has 0 heterocycles. The summed E-state index contributed by atoms with van der Waals surface area (Å²) in [5.41, 5.74) is 0. The first kappa shape index (κ1) is 35.2. The van der Waals surface area contributed by atoms with Crippen LogP contribution in [0.25, 0.3) is 0 Å². The number of unbranched alkanes of at least 4 members (excludes halogenated alkanes) is 17. The molecule has 0 amide bonds. The van der Waals surface area contributed by atoms with Crippen molar-refractivity contribution >= 4 is 5.97 Å². The highest BCUT2D eigenvalue weighted by molar-refractivity contribution is 5.69. The van der Waals surface area contributed by atoms with Crippen LogP contribution in [0.15, 0.2) is 12.2 Å². The molecule has 0 aliphatic rings. The topological polar surface area (TPSA) is 29.5 Å². The van der Waals surface area contributed by atoms with E-state index >= 15 is 0 Å². The van der Waals surface area contributed by atoms with Gasteiger partial charge in [-0.2, -0.15) is 0 Å². The molecule has 0 aromatic heterocycles. The van der Waals surface area contributed by atoms with Gasteiger partial charge >= 0.3 is 5.97 Å². The number of carbonyl (C=O) groups is 1. The van der Waals surface area contributed by atoms with Crippen molar-refractivity contribution < 1.29 is 9.53 Å². The van der Waals surface area contributed by atoms with Crippen LogP contribution < -0.4 is 0 Å². The molecule has 36 heavy (non-hydrogen) atoms. The maximum absolute atomic E-state index is 11.3. The van der Waals surface area contributed by atoms with Gasteiger partial charge in [-0.05, 0) is 71.9 Å². The molecule has 0 bridgehead atoms. The minimum Gasteiger partial charge on any atom is -0.466 e. The Morgan fingerprint density at radius 1 is 0.639 bits per heavy atom.